The molecule has 10 nitrogen and oxygen atoms in total. The number of carbonyl (C=O) groups excluding carboxylic acids is 2. The van der Waals surface area contributed by atoms with Crippen molar-refractivity contribution in [2.75, 3.05) is 0 Å². The molecular weight excluding hydrogens is 640 g/mol. The Morgan fingerprint density at radius 2 is 0.480 bits per heavy atom. The van der Waals surface area contributed by atoms with E-state index in [9.17, 15) is 19.8 Å². The van der Waals surface area contributed by atoms with E-state index in [1.165, 1.54) is 13.8 Å². The third-order valence-corrected chi connectivity index (χ3v) is 6.43. The number of benzene rings is 6. The summed E-state index contributed by atoms with van der Waals surface area (Å²) in [5, 5.41) is 18.5. The lowest BCUT2D eigenvalue weighted by molar-refractivity contribution is -0.132. The largest absolute Gasteiger partial charge is 0.508 e. The summed E-state index contributed by atoms with van der Waals surface area (Å²) in [6.07, 6.45) is 0. The van der Waals surface area contributed by atoms with Crippen LogP contribution < -0.4 is 28.4 Å². The van der Waals surface area contributed by atoms with E-state index in [1.807, 2.05) is 0 Å². The Kier molecular flexibility index (Phi) is 11.5. The van der Waals surface area contributed by atoms with Gasteiger partial charge in [0.25, 0.3) is 0 Å². The second-order valence-corrected chi connectivity index (χ2v) is 10.5. The van der Waals surface area contributed by atoms with Gasteiger partial charge in [-0.2, -0.15) is 0 Å². The first-order chi connectivity index (χ1) is 24.2. The van der Waals surface area contributed by atoms with Crippen LogP contribution in [0.25, 0.3) is 0 Å². The van der Waals surface area contributed by atoms with Crippen LogP contribution in [0.4, 0.5) is 0 Å². The molecule has 0 radical (unpaired) electrons. The topological polar surface area (TPSA) is 130 Å². The van der Waals surface area contributed by atoms with Gasteiger partial charge in [-0.05, 0) is 146 Å². The average molecular weight is 673 g/mol. The predicted molar refractivity (Wildman–Crippen MR) is 185 cm³/mol. The standard InChI is InChI=1S/C22H18O6.C18H14O4/c1-15(23)25-17-3-7-19(8-4-17)27-21-11-13-22(14-12-21)28-20-9-5-18(6-10-20)26-16(2)24;19-13-1-5-15(6-2-13)21-17-9-11-18(12-10-17)22-16-7-3-14(20)4-8-16/h3-14H,1-2H3;1-12,19-20H. The van der Waals surface area contributed by atoms with Crippen molar-refractivity contribution in [2.45, 2.75) is 13.8 Å². The normalized spacial score (nSPS) is 10.1. The van der Waals surface area contributed by atoms with Gasteiger partial charge in [-0.25, -0.2) is 0 Å². The maximum atomic E-state index is 10.9. The quantitative estimate of drug-likeness (QED) is 0.107. The van der Waals surface area contributed by atoms with Crippen LogP contribution in [0, 0.1) is 0 Å². The van der Waals surface area contributed by atoms with Crippen molar-refractivity contribution in [1.82, 2.24) is 0 Å². The number of rotatable bonds is 10. The molecule has 0 aliphatic rings. The number of aromatic hydroxyl groups is 2. The highest BCUT2D eigenvalue weighted by atomic mass is 16.5. The molecule has 6 rings (SSSR count). The average Bonchev–Trinajstić information content (AvgIpc) is 3.10. The molecule has 0 spiro atoms. The molecule has 2 N–H and O–H groups in total. The highest BCUT2D eigenvalue weighted by molar-refractivity contribution is 5.69. The van der Waals surface area contributed by atoms with E-state index in [0.717, 1.165) is 0 Å². The van der Waals surface area contributed by atoms with Crippen molar-refractivity contribution in [1.29, 1.82) is 0 Å². The lowest BCUT2D eigenvalue weighted by Gasteiger charge is -2.09. The van der Waals surface area contributed by atoms with Crippen molar-refractivity contribution in [2.24, 2.45) is 0 Å². The van der Waals surface area contributed by atoms with Crippen LogP contribution in [-0.4, -0.2) is 22.2 Å². The zero-order valence-electron chi connectivity index (χ0n) is 27.0. The summed E-state index contributed by atoms with van der Waals surface area (Å²) < 4.78 is 32.8. The molecule has 0 heterocycles. The second kappa shape index (κ2) is 16.8. The zero-order valence-corrected chi connectivity index (χ0v) is 27.0. The molecule has 6 aromatic rings. The first-order valence-corrected chi connectivity index (χ1v) is 15.2. The molecule has 0 aromatic heterocycles. The highest BCUT2D eigenvalue weighted by Gasteiger charge is 2.05. The monoisotopic (exact) mass is 672 g/mol. The fourth-order valence-electron chi connectivity index (χ4n) is 4.21. The Bertz CT molecular complexity index is 1820. The molecule has 0 unspecified atom stereocenters. The van der Waals surface area contributed by atoms with Crippen LogP contribution in [0.3, 0.4) is 0 Å². The van der Waals surface area contributed by atoms with Crippen molar-refractivity contribution in [3.63, 3.8) is 0 Å². The number of hydrogen-bond donors (Lipinski definition) is 2. The van der Waals surface area contributed by atoms with E-state index in [2.05, 4.69) is 0 Å². The minimum atomic E-state index is -0.370. The van der Waals surface area contributed by atoms with Crippen LogP contribution in [0.15, 0.2) is 146 Å². The van der Waals surface area contributed by atoms with Crippen molar-refractivity contribution in [3.8, 4) is 69.0 Å². The van der Waals surface area contributed by atoms with E-state index in [-0.39, 0.29) is 23.4 Å². The van der Waals surface area contributed by atoms with Crippen LogP contribution >= 0.6 is 0 Å². The summed E-state index contributed by atoms with van der Waals surface area (Å²) in [5.74, 6) is 5.71. The minimum Gasteiger partial charge on any atom is -0.508 e. The maximum Gasteiger partial charge on any atom is 0.308 e. The lowest BCUT2D eigenvalue weighted by atomic mass is 10.3. The van der Waals surface area contributed by atoms with Crippen molar-refractivity contribution in [3.05, 3.63) is 146 Å². The van der Waals surface area contributed by atoms with Crippen LogP contribution in [0.5, 0.6) is 69.0 Å². The summed E-state index contributed by atoms with van der Waals surface area (Å²) in [6, 6.07) is 40.8. The van der Waals surface area contributed by atoms with Crippen LogP contribution in [0.2, 0.25) is 0 Å². The Morgan fingerprint density at radius 3 is 0.660 bits per heavy atom. The Balaban J connectivity index is 0.000000200. The van der Waals surface area contributed by atoms with Gasteiger partial charge in [0.2, 0.25) is 0 Å². The molecule has 0 fully saturated rings. The summed E-state index contributed by atoms with van der Waals surface area (Å²) in [4.78, 5) is 21.9. The van der Waals surface area contributed by atoms with Crippen LogP contribution in [-0.2, 0) is 9.59 Å². The summed E-state index contributed by atoms with van der Waals surface area (Å²) in [6.45, 7) is 2.70. The number of phenols is 2. The van der Waals surface area contributed by atoms with E-state index in [0.29, 0.717) is 57.5 Å². The molecule has 0 bridgehead atoms. The maximum absolute atomic E-state index is 10.9. The van der Waals surface area contributed by atoms with Gasteiger partial charge in [-0.1, -0.05) is 0 Å². The summed E-state index contributed by atoms with van der Waals surface area (Å²) in [5.41, 5.74) is 0. The Hall–Kier alpha value is -6.94. The summed E-state index contributed by atoms with van der Waals surface area (Å²) >= 11 is 0. The smallest absolute Gasteiger partial charge is 0.308 e. The Morgan fingerprint density at radius 1 is 0.320 bits per heavy atom. The number of hydrogen-bond acceptors (Lipinski definition) is 10. The van der Waals surface area contributed by atoms with E-state index in [1.54, 1.807) is 146 Å². The molecular formula is C40H32O10. The minimum absolute atomic E-state index is 0.199. The molecule has 0 amide bonds. The number of phenolic OH excluding ortho intramolecular Hbond substituents is 2. The molecule has 10 heteroatoms. The molecule has 0 saturated carbocycles. The van der Waals surface area contributed by atoms with E-state index >= 15 is 0 Å². The van der Waals surface area contributed by atoms with Gasteiger partial charge in [0.05, 0.1) is 0 Å². The highest BCUT2D eigenvalue weighted by Crippen LogP contribution is 2.30. The Labute approximate surface area is 288 Å². The predicted octanol–water partition coefficient (Wildman–Crippen LogP) is 9.80. The third kappa shape index (κ3) is 11.1. The van der Waals surface area contributed by atoms with E-state index in [4.69, 9.17) is 28.4 Å². The van der Waals surface area contributed by atoms with Crippen molar-refractivity contribution >= 4 is 11.9 Å². The third-order valence-electron chi connectivity index (χ3n) is 6.43. The molecule has 0 aliphatic carbocycles. The van der Waals surface area contributed by atoms with Gasteiger partial charge >= 0.3 is 11.9 Å². The first kappa shape index (κ1) is 34.4. The van der Waals surface area contributed by atoms with Gasteiger partial charge < -0.3 is 38.6 Å². The fraction of sp³-hybridized carbons (Fsp3) is 0.0500. The SMILES string of the molecule is CC(=O)Oc1ccc(Oc2ccc(Oc3ccc(OC(C)=O)cc3)cc2)cc1.Oc1ccc(Oc2ccc(Oc3ccc(O)cc3)cc2)cc1. The molecule has 0 aliphatic heterocycles. The fourth-order valence-corrected chi connectivity index (χ4v) is 4.21. The second-order valence-electron chi connectivity index (χ2n) is 10.5. The van der Waals surface area contributed by atoms with Gasteiger partial charge in [-0.15, -0.1) is 0 Å². The lowest BCUT2D eigenvalue weighted by Crippen LogP contribution is -2.00. The number of ether oxygens (including phenoxy) is 6. The van der Waals surface area contributed by atoms with Gasteiger partial charge in [0.1, 0.15) is 69.0 Å². The zero-order chi connectivity index (χ0) is 35.3. The van der Waals surface area contributed by atoms with E-state index < -0.39 is 0 Å². The molecule has 252 valence electrons. The van der Waals surface area contributed by atoms with Gasteiger partial charge in [0, 0.05) is 13.8 Å². The molecule has 6 aromatic carbocycles. The molecule has 0 saturated heterocycles. The molecule has 0 atom stereocenters. The van der Waals surface area contributed by atoms with Gasteiger partial charge in [-0.3, -0.25) is 9.59 Å². The molecule has 50 heavy (non-hydrogen) atoms. The van der Waals surface area contributed by atoms with Gasteiger partial charge in [0.15, 0.2) is 0 Å². The number of esters is 2. The first-order valence-electron chi connectivity index (χ1n) is 15.2. The summed E-state index contributed by atoms with van der Waals surface area (Å²) in [7, 11) is 0. The van der Waals surface area contributed by atoms with Crippen LogP contribution in [0.1, 0.15) is 13.8 Å². The van der Waals surface area contributed by atoms with Crippen molar-refractivity contribution < 1.29 is 48.2 Å². The number of carbonyl (C=O) groups is 2.